The quantitative estimate of drug-likeness (QED) is 0.597. The third-order valence-corrected chi connectivity index (χ3v) is 4.94. The smallest absolute Gasteiger partial charge is 0.191 e. The first-order valence-electron chi connectivity index (χ1n) is 8.51. The molecular formula is C18H25N3O2S. The Bertz CT molecular complexity index is 630. The van der Waals surface area contributed by atoms with Crippen molar-refractivity contribution >= 4 is 17.3 Å². The molecule has 1 fully saturated rings. The Morgan fingerprint density at radius 2 is 2.29 bits per heavy atom. The molecule has 1 aliphatic heterocycles. The van der Waals surface area contributed by atoms with E-state index in [1.54, 1.807) is 17.6 Å². The number of nitrogens with zero attached hydrogens (tertiary/aromatic N) is 1. The van der Waals surface area contributed by atoms with Gasteiger partial charge in [0.2, 0.25) is 0 Å². The van der Waals surface area contributed by atoms with Gasteiger partial charge < -0.3 is 19.8 Å². The van der Waals surface area contributed by atoms with Gasteiger partial charge in [0.15, 0.2) is 5.96 Å². The molecule has 2 N–H and O–H groups in total. The third kappa shape index (κ3) is 5.39. The third-order valence-electron chi connectivity index (χ3n) is 3.95. The molecule has 0 saturated carbocycles. The Morgan fingerprint density at radius 1 is 1.33 bits per heavy atom. The zero-order valence-electron chi connectivity index (χ0n) is 14.1. The van der Waals surface area contributed by atoms with Crippen molar-refractivity contribution in [1.29, 1.82) is 0 Å². The first-order valence-corrected chi connectivity index (χ1v) is 9.33. The number of guanidine groups is 1. The summed E-state index contributed by atoms with van der Waals surface area (Å²) >= 11 is 1.79. The molecule has 130 valence electrons. The Morgan fingerprint density at radius 3 is 3.00 bits per heavy atom. The molecule has 1 unspecified atom stereocenters. The zero-order chi connectivity index (χ0) is 16.6. The van der Waals surface area contributed by atoms with Crippen molar-refractivity contribution in [2.45, 2.75) is 38.8 Å². The first-order chi connectivity index (χ1) is 11.8. The van der Waals surface area contributed by atoms with Crippen LogP contribution in [-0.4, -0.2) is 31.8 Å². The SMILES string of the molecule is Cc1ccc(CN=C(NCCc2ccco2)NCC2CCCO2)s1. The van der Waals surface area contributed by atoms with Crippen molar-refractivity contribution in [3.63, 3.8) is 0 Å². The molecule has 6 heteroatoms. The number of hydrogen-bond donors (Lipinski definition) is 2. The highest BCUT2D eigenvalue weighted by Crippen LogP contribution is 2.15. The Balaban J connectivity index is 1.51. The van der Waals surface area contributed by atoms with E-state index in [0.29, 0.717) is 12.6 Å². The van der Waals surface area contributed by atoms with Crippen LogP contribution in [0.2, 0.25) is 0 Å². The highest BCUT2D eigenvalue weighted by molar-refractivity contribution is 7.11. The summed E-state index contributed by atoms with van der Waals surface area (Å²) in [6, 6.07) is 8.19. The van der Waals surface area contributed by atoms with Gasteiger partial charge in [-0.2, -0.15) is 0 Å². The predicted octanol–water partition coefficient (Wildman–Crippen LogP) is 3.11. The van der Waals surface area contributed by atoms with Crippen LogP contribution in [0.25, 0.3) is 0 Å². The van der Waals surface area contributed by atoms with Crippen LogP contribution in [0.3, 0.4) is 0 Å². The molecule has 2 aromatic heterocycles. The number of rotatable bonds is 7. The molecule has 1 atom stereocenters. The van der Waals surface area contributed by atoms with E-state index in [1.165, 1.54) is 9.75 Å². The van der Waals surface area contributed by atoms with Gasteiger partial charge in [0.25, 0.3) is 0 Å². The second-order valence-corrected chi connectivity index (χ2v) is 7.32. The number of furan rings is 1. The molecule has 2 aromatic rings. The lowest BCUT2D eigenvalue weighted by molar-refractivity contribution is 0.114. The minimum absolute atomic E-state index is 0.297. The molecule has 0 aliphatic carbocycles. The summed E-state index contributed by atoms with van der Waals surface area (Å²) in [6.07, 6.45) is 5.12. The van der Waals surface area contributed by atoms with Crippen molar-refractivity contribution in [3.8, 4) is 0 Å². The predicted molar refractivity (Wildman–Crippen MR) is 97.6 cm³/mol. The number of hydrogen-bond acceptors (Lipinski definition) is 4. The van der Waals surface area contributed by atoms with Crippen molar-refractivity contribution in [1.82, 2.24) is 10.6 Å². The lowest BCUT2D eigenvalue weighted by atomic mass is 10.2. The maximum atomic E-state index is 5.67. The summed E-state index contributed by atoms with van der Waals surface area (Å²) in [5.74, 6) is 1.82. The van der Waals surface area contributed by atoms with Crippen molar-refractivity contribution in [2.24, 2.45) is 4.99 Å². The van der Waals surface area contributed by atoms with Crippen molar-refractivity contribution in [2.75, 3.05) is 19.7 Å². The van der Waals surface area contributed by atoms with E-state index in [4.69, 9.17) is 14.1 Å². The number of nitrogens with one attached hydrogen (secondary N) is 2. The summed E-state index contributed by atoms with van der Waals surface area (Å²) in [5.41, 5.74) is 0. The molecule has 0 amide bonds. The van der Waals surface area contributed by atoms with E-state index >= 15 is 0 Å². The fourth-order valence-electron chi connectivity index (χ4n) is 2.68. The summed E-state index contributed by atoms with van der Waals surface area (Å²) in [4.78, 5) is 7.30. The molecule has 0 radical (unpaired) electrons. The molecule has 3 heterocycles. The minimum Gasteiger partial charge on any atom is -0.469 e. The summed E-state index contributed by atoms with van der Waals surface area (Å²) in [6.45, 7) is 5.28. The van der Waals surface area contributed by atoms with Gasteiger partial charge in [0.05, 0.1) is 18.9 Å². The van der Waals surface area contributed by atoms with Crippen LogP contribution >= 0.6 is 11.3 Å². The van der Waals surface area contributed by atoms with Crippen LogP contribution in [0.15, 0.2) is 39.9 Å². The molecule has 3 rings (SSSR count). The van der Waals surface area contributed by atoms with Crippen LogP contribution in [0, 0.1) is 6.92 Å². The van der Waals surface area contributed by atoms with Crippen LogP contribution in [-0.2, 0) is 17.7 Å². The standard InChI is InChI=1S/C18H25N3O2S/c1-14-6-7-17(24-14)13-21-18(20-12-16-5-3-11-23-16)19-9-8-15-4-2-10-22-15/h2,4,6-7,10,16H,3,5,8-9,11-13H2,1H3,(H2,19,20,21). The Labute approximate surface area is 147 Å². The Hall–Kier alpha value is -1.79. The minimum atomic E-state index is 0.297. The molecule has 1 aliphatic rings. The van der Waals surface area contributed by atoms with Gasteiger partial charge in [-0.3, -0.25) is 0 Å². The van der Waals surface area contributed by atoms with E-state index in [1.807, 2.05) is 12.1 Å². The molecule has 0 bridgehead atoms. The first kappa shape index (κ1) is 17.0. The fraction of sp³-hybridized carbons (Fsp3) is 0.500. The summed E-state index contributed by atoms with van der Waals surface area (Å²) in [5, 5.41) is 6.79. The second-order valence-electron chi connectivity index (χ2n) is 5.95. The van der Waals surface area contributed by atoms with E-state index in [9.17, 15) is 0 Å². The maximum absolute atomic E-state index is 5.67. The Kier molecular flexibility index (Phi) is 6.32. The van der Waals surface area contributed by atoms with Crippen LogP contribution < -0.4 is 10.6 Å². The van der Waals surface area contributed by atoms with Crippen LogP contribution in [0.1, 0.15) is 28.4 Å². The highest BCUT2D eigenvalue weighted by atomic mass is 32.1. The molecular weight excluding hydrogens is 322 g/mol. The lowest BCUT2D eigenvalue weighted by Gasteiger charge is -2.15. The topological polar surface area (TPSA) is 58.8 Å². The molecule has 24 heavy (non-hydrogen) atoms. The number of aliphatic imine (C=N–C) groups is 1. The van der Waals surface area contributed by atoms with Gasteiger partial charge >= 0.3 is 0 Å². The highest BCUT2D eigenvalue weighted by Gasteiger charge is 2.15. The van der Waals surface area contributed by atoms with Crippen molar-refractivity contribution in [3.05, 3.63) is 46.0 Å². The lowest BCUT2D eigenvalue weighted by Crippen LogP contribution is -2.41. The zero-order valence-corrected chi connectivity index (χ0v) is 14.9. The van der Waals surface area contributed by atoms with Crippen LogP contribution in [0.5, 0.6) is 0 Å². The fourth-order valence-corrected chi connectivity index (χ4v) is 3.49. The van der Waals surface area contributed by atoms with E-state index in [-0.39, 0.29) is 0 Å². The van der Waals surface area contributed by atoms with Gasteiger partial charge in [-0.1, -0.05) is 0 Å². The molecule has 1 saturated heterocycles. The average molecular weight is 347 g/mol. The van der Waals surface area contributed by atoms with E-state index in [0.717, 1.165) is 50.7 Å². The monoisotopic (exact) mass is 347 g/mol. The largest absolute Gasteiger partial charge is 0.469 e. The maximum Gasteiger partial charge on any atom is 0.191 e. The normalized spacial score (nSPS) is 18.0. The van der Waals surface area contributed by atoms with Crippen LogP contribution in [0.4, 0.5) is 0 Å². The van der Waals surface area contributed by atoms with E-state index in [2.05, 4.69) is 29.7 Å². The van der Waals surface area contributed by atoms with Gasteiger partial charge in [-0.15, -0.1) is 11.3 Å². The average Bonchev–Trinajstić information content (AvgIpc) is 3.32. The van der Waals surface area contributed by atoms with Crippen molar-refractivity contribution < 1.29 is 9.15 Å². The second kappa shape index (κ2) is 8.89. The molecule has 0 aromatic carbocycles. The molecule has 0 spiro atoms. The van der Waals surface area contributed by atoms with Gasteiger partial charge in [-0.05, 0) is 44.0 Å². The van der Waals surface area contributed by atoms with Gasteiger partial charge in [0.1, 0.15) is 5.76 Å². The van der Waals surface area contributed by atoms with Gasteiger partial charge in [-0.25, -0.2) is 4.99 Å². The van der Waals surface area contributed by atoms with E-state index < -0.39 is 0 Å². The number of ether oxygens (including phenoxy) is 1. The summed E-state index contributed by atoms with van der Waals surface area (Å²) in [7, 11) is 0. The summed E-state index contributed by atoms with van der Waals surface area (Å²) < 4.78 is 11.0. The van der Waals surface area contributed by atoms with Gasteiger partial charge in [0, 0.05) is 35.9 Å². The molecule has 5 nitrogen and oxygen atoms in total. The number of thiophene rings is 1. The number of aryl methyl sites for hydroxylation is 1.